The van der Waals surface area contributed by atoms with Crippen LogP contribution in [-0.2, 0) is 0 Å². The molecule has 0 spiro atoms. The number of oxazole rings is 2. The second kappa shape index (κ2) is 11.9. The molecule has 0 aliphatic carbocycles. The van der Waals surface area contributed by atoms with Gasteiger partial charge < -0.3 is 13.7 Å². The van der Waals surface area contributed by atoms with Gasteiger partial charge in [0.25, 0.3) is 0 Å². The van der Waals surface area contributed by atoms with E-state index in [0.717, 1.165) is 82.2 Å². The summed E-state index contributed by atoms with van der Waals surface area (Å²) in [7, 11) is 0. The molecule has 0 saturated heterocycles. The normalized spacial score (nSPS) is 11.5. The standard InChI is InChI=1S/C41H25N7O2S/c1-2-7-26(8-3-1)47(28-10-15-35-32(22-28)45-24-49-35)34-14-13-30(41-43-19-6-20-44-41)40-39(34)31-21-27(12-17-37(31)51-40)48(38-9-4-5-18-42-38)29-11-16-36-33(23-29)46-25-50-36/h1-25H. The predicted molar refractivity (Wildman–Crippen MR) is 203 cm³/mol. The van der Waals surface area contributed by atoms with Crippen molar-refractivity contribution in [3.05, 3.63) is 153 Å². The maximum atomic E-state index is 5.61. The lowest BCUT2D eigenvalue weighted by Gasteiger charge is -2.27. The van der Waals surface area contributed by atoms with Crippen LogP contribution >= 0.6 is 11.3 Å². The zero-order valence-electron chi connectivity index (χ0n) is 26.8. The van der Waals surface area contributed by atoms with Gasteiger partial charge in [0, 0.05) is 61.4 Å². The third-order valence-electron chi connectivity index (χ3n) is 8.92. The molecule has 0 fully saturated rings. The van der Waals surface area contributed by atoms with Crippen LogP contribution in [0.5, 0.6) is 0 Å². The van der Waals surface area contributed by atoms with Gasteiger partial charge in [-0.3, -0.25) is 4.90 Å². The average molecular weight is 680 g/mol. The van der Waals surface area contributed by atoms with Crippen LogP contribution in [0.15, 0.2) is 162 Å². The summed E-state index contributed by atoms with van der Waals surface area (Å²) in [5.41, 5.74) is 8.83. The molecule has 0 radical (unpaired) electrons. The van der Waals surface area contributed by atoms with Gasteiger partial charge >= 0.3 is 0 Å². The molecule has 10 aromatic rings. The number of nitrogens with zero attached hydrogens (tertiary/aromatic N) is 7. The summed E-state index contributed by atoms with van der Waals surface area (Å²) in [6.07, 6.45) is 8.33. The molecule has 5 aromatic heterocycles. The molecule has 0 aliphatic heterocycles. The van der Waals surface area contributed by atoms with Crippen molar-refractivity contribution >= 4 is 88.0 Å². The molecule has 51 heavy (non-hydrogen) atoms. The zero-order chi connectivity index (χ0) is 33.7. The smallest absolute Gasteiger partial charge is 0.181 e. The van der Waals surface area contributed by atoms with Crippen molar-refractivity contribution < 1.29 is 8.83 Å². The number of rotatable bonds is 7. The molecule has 0 bridgehead atoms. The number of thiophene rings is 1. The predicted octanol–water partition coefficient (Wildman–Crippen LogP) is 11.1. The van der Waals surface area contributed by atoms with Crippen LogP contribution in [0.2, 0.25) is 0 Å². The Labute approximate surface area is 294 Å². The van der Waals surface area contributed by atoms with Gasteiger partial charge in [-0.1, -0.05) is 24.3 Å². The lowest BCUT2D eigenvalue weighted by molar-refractivity contribution is 0.602. The van der Waals surface area contributed by atoms with Crippen molar-refractivity contribution in [2.45, 2.75) is 0 Å². The Morgan fingerprint density at radius 1 is 0.510 bits per heavy atom. The highest BCUT2D eigenvalue weighted by molar-refractivity contribution is 7.26. The Morgan fingerprint density at radius 3 is 1.90 bits per heavy atom. The second-order valence-electron chi connectivity index (χ2n) is 11.9. The van der Waals surface area contributed by atoms with Crippen LogP contribution in [-0.4, -0.2) is 24.9 Å². The molecule has 9 nitrogen and oxygen atoms in total. The topological polar surface area (TPSA) is 97.2 Å². The fourth-order valence-electron chi connectivity index (χ4n) is 6.67. The lowest BCUT2D eigenvalue weighted by Crippen LogP contribution is -2.11. The Balaban J connectivity index is 1.26. The number of anilines is 6. The summed E-state index contributed by atoms with van der Waals surface area (Å²) in [5, 5.41) is 2.17. The maximum Gasteiger partial charge on any atom is 0.181 e. The first-order valence-corrected chi connectivity index (χ1v) is 17.1. The van der Waals surface area contributed by atoms with Gasteiger partial charge in [-0.15, -0.1) is 11.3 Å². The molecule has 0 atom stereocenters. The van der Waals surface area contributed by atoms with Crippen molar-refractivity contribution in [3.8, 4) is 11.4 Å². The Hall–Kier alpha value is -6.91. The van der Waals surface area contributed by atoms with Crippen LogP contribution in [0.1, 0.15) is 0 Å². The number of para-hydroxylation sites is 1. The third-order valence-corrected chi connectivity index (χ3v) is 10.1. The number of aromatic nitrogens is 5. The van der Waals surface area contributed by atoms with Gasteiger partial charge in [0.1, 0.15) is 16.9 Å². The van der Waals surface area contributed by atoms with Gasteiger partial charge in [0.2, 0.25) is 0 Å². The van der Waals surface area contributed by atoms with Crippen molar-refractivity contribution in [2.75, 3.05) is 9.80 Å². The fourth-order valence-corrected chi connectivity index (χ4v) is 7.88. The first kappa shape index (κ1) is 29.0. The molecular weight excluding hydrogens is 655 g/mol. The molecule has 10 rings (SSSR count). The summed E-state index contributed by atoms with van der Waals surface area (Å²) in [4.78, 5) is 27.4. The van der Waals surface area contributed by atoms with Gasteiger partial charge in [-0.05, 0) is 97.1 Å². The third kappa shape index (κ3) is 4.96. The molecule has 10 heteroatoms. The molecule has 0 amide bonds. The quantitative estimate of drug-likeness (QED) is 0.163. The van der Waals surface area contributed by atoms with Gasteiger partial charge in [-0.25, -0.2) is 24.9 Å². The Kier molecular flexibility index (Phi) is 6.78. The fraction of sp³-hybridized carbons (Fsp3) is 0. The molecule has 0 N–H and O–H groups in total. The number of benzene rings is 5. The first-order valence-electron chi connectivity index (χ1n) is 16.3. The molecule has 0 saturated carbocycles. The monoisotopic (exact) mass is 679 g/mol. The van der Waals surface area contributed by atoms with Gasteiger partial charge in [0.15, 0.2) is 29.8 Å². The van der Waals surface area contributed by atoms with E-state index in [-0.39, 0.29) is 0 Å². The minimum Gasteiger partial charge on any atom is -0.443 e. The SMILES string of the molecule is c1ccc(N(c2ccc3ocnc3c2)c2ccc(-c3ncccn3)c3sc4ccc(N(c5ccc6ocnc6c5)c5ccccn5)cc4c23)cc1. The second-order valence-corrected chi connectivity index (χ2v) is 12.9. The largest absolute Gasteiger partial charge is 0.443 e. The van der Waals surface area contributed by atoms with Crippen molar-refractivity contribution in [2.24, 2.45) is 0 Å². The van der Waals surface area contributed by atoms with Crippen LogP contribution < -0.4 is 9.80 Å². The van der Waals surface area contributed by atoms with E-state index in [4.69, 9.17) is 13.8 Å². The van der Waals surface area contributed by atoms with Gasteiger partial charge in [0.05, 0.1) is 11.4 Å². The van der Waals surface area contributed by atoms with Crippen molar-refractivity contribution in [1.29, 1.82) is 0 Å². The van der Waals surface area contributed by atoms with E-state index in [2.05, 4.69) is 96.5 Å². The van der Waals surface area contributed by atoms with Crippen molar-refractivity contribution in [3.63, 3.8) is 0 Å². The summed E-state index contributed by atoms with van der Waals surface area (Å²) in [6.45, 7) is 0. The van der Waals surface area contributed by atoms with Crippen LogP contribution in [0.3, 0.4) is 0 Å². The highest BCUT2D eigenvalue weighted by Crippen LogP contribution is 2.49. The van der Waals surface area contributed by atoms with E-state index < -0.39 is 0 Å². The van der Waals surface area contributed by atoms with E-state index in [0.29, 0.717) is 5.82 Å². The molecule has 0 unspecified atom stereocenters. The van der Waals surface area contributed by atoms with Gasteiger partial charge in [-0.2, -0.15) is 0 Å². The minimum absolute atomic E-state index is 0.673. The van der Waals surface area contributed by atoms with Crippen LogP contribution in [0, 0.1) is 0 Å². The summed E-state index contributed by atoms with van der Waals surface area (Å²) in [6, 6.07) is 41.1. The van der Waals surface area contributed by atoms with Crippen LogP contribution in [0.25, 0.3) is 53.8 Å². The minimum atomic E-state index is 0.673. The lowest BCUT2D eigenvalue weighted by atomic mass is 10.0. The van der Waals surface area contributed by atoms with E-state index >= 15 is 0 Å². The van der Waals surface area contributed by atoms with E-state index in [9.17, 15) is 0 Å². The molecule has 0 aliphatic rings. The first-order chi connectivity index (χ1) is 25.3. The highest BCUT2D eigenvalue weighted by atomic mass is 32.1. The number of hydrogen-bond acceptors (Lipinski definition) is 10. The highest BCUT2D eigenvalue weighted by Gasteiger charge is 2.24. The molecule has 242 valence electrons. The van der Waals surface area contributed by atoms with E-state index in [1.807, 2.05) is 60.8 Å². The maximum absolute atomic E-state index is 5.61. The number of hydrogen-bond donors (Lipinski definition) is 0. The number of fused-ring (bicyclic) bond motifs is 5. The zero-order valence-corrected chi connectivity index (χ0v) is 27.6. The molecular formula is C41H25N7O2S. The summed E-state index contributed by atoms with van der Waals surface area (Å²) in [5.74, 6) is 1.46. The molecule has 5 aromatic carbocycles. The molecule has 5 heterocycles. The summed E-state index contributed by atoms with van der Waals surface area (Å²) >= 11 is 1.73. The van der Waals surface area contributed by atoms with Crippen molar-refractivity contribution in [1.82, 2.24) is 24.9 Å². The Morgan fingerprint density at radius 2 is 1.18 bits per heavy atom. The average Bonchev–Trinajstić information content (AvgIpc) is 3.95. The van der Waals surface area contributed by atoms with E-state index in [1.165, 1.54) is 12.8 Å². The van der Waals surface area contributed by atoms with E-state index in [1.54, 1.807) is 23.7 Å². The summed E-state index contributed by atoms with van der Waals surface area (Å²) < 4.78 is 13.4. The Bertz CT molecular complexity index is 2840. The van der Waals surface area contributed by atoms with Crippen LogP contribution in [0.4, 0.5) is 34.3 Å². The number of pyridine rings is 1.